The third kappa shape index (κ3) is 3.78. The fourth-order valence-electron chi connectivity index (χ4n) is 3.03. The maximum atomic E-state index is 12.4. The molecule has 2 aromatic carbocycles. The molecule has 3 amide bonds. The second-order valence-electron chi connectivity index (χ2n) is 6.51. The number of esters is 1. The molecule has 0 radical (unpaired) electrons. The van der Waals surface area contributed by atoms with E-state index in [1.54, 1.807) is 12.1 Å². The summed E-state index contributed by atoms with van der Waals surface area (Å²) in [6, 6.07) is 14.3. The summed E-state index contributed by atoms with van der Waals surface area (Å²) < 4.78 is 5.01. The van der Waals surface area contributed by atoms with Gasteiger partial charge in [-0.25, -0.2) is 4.79 Å². The predicted octanol–water partition coefficient (Wildman–Crippen LogP) is 2.09. The van der Waals surface area contributed by atoms with Gasteiger partial charge in [-0.3, -0.25) is 19.3 Å². The van der Waals surface area contributed by atoms with Gasteiger partial charge in [0.05, 0.1) is 17.2 Å². The molecule has 7 nitrogen and oxygen atoms in total. The molecule has 1 aliphatic rings. The molecule has 2 aromatic rings. The van der Waals surface area contributed by atoms with Crippen LogP contribution in [-0.2, 0) is 14.3 Å². The van der Waals surface area contributed by atoms with Crippen molar-refractivity contribution in [3.8, 4) is 0 Å². The Bertz CT molecular complexity index is 890. The first-order chi connectivity index (χ1) is 13.4. The predicted molar refractivity (Wildman–Crippen MR) is 100 cm³/mol. The fourth-order valence-corrected chi connectivity index (χ4v) is 3.03. The molecule has 0 aromatic heterocycles. The molecule has 2 atom stereocenters. The van der Waals surface area contributed by atoms with Crippen LogP contribution in [0.4, 0.5) is 0 Å². The largest absolute Gasteiger partial charge is 0.454 e. The number of fused-ring (bicyclic) bond motifs is 1. The normalized spacial score (nSPS) is 15.0. The first-order valence-corrected chi connectivity index (χ1v) is 8.88. The van der Waals surface area contributed by atoms with Crippen LogP contribution in [0.25, 0.3) is 0 Å². The number of carbonyl (C=O) groups is 4. The van der Waals surface area contributed by atoms with E-state index in [2.05, 4.69) is 5.32 Å². The highest BCUT2D eigenvalue weighted by atomic mass is 16.5. The summed E-state index contributed by atoms with van der Waals surface area (Å²) in [6.45, 7) is 2.72. The van der Waals surface area contributed by atoms with Crippen molar-refractivity contribution in [2.45, 2.75) is 25.9 Å². The molecule has 1 aliphatic heterocycles. The van der Waals surface area contributed by atoms with E-state index >= 15 is 0 Å². The molecule has 1 heterocycles. The molecule has 0 unspecified atom stereocenters. The molecule has 7 heteroatoms. The molecule has 0 fully saturated rings. The first-order valence-electron chi connectivity index (χ1n) is 8.88. The summed E-state index contributed by atoms with van der Waals surface area (Å²) in [5.74, 6) is -2.39. The lowest BCUT2D eigenvalue weighted by Gasteiger charge is -2.21. The van der Waals surface area contributed by atoms with Gasteiger partial charge < -0.3 is 10.1 Å². The number of hydrogen-bond donors (Lipinski definition) is 1. The summed E-state index contributed by atoms with van der Waals surface area (Å²) in [5.41, 5.74) is 1.42. The van der Waals surface area contributed by atoms with Gasteiger partial charge in [0.2, 0.25) is 0 Å². The van der Waals surface area contributed by atoms with Crippen molar-refractivity contribution in [2.24, 2.45) is 0 Å². The van der Waals surface area contributed by atoms with E-state index < -0.39 is 36.3 Å². The highest BCUT2D eigenvalue weighted by Crippen LogP contribution is 2.24. The van der Waals surface area contributed by atoms with E-state index in [4.69, 9.17) is 4.74 Å². The van der Waals surface area contributed by atoms with Gasteiger partial charge >= 0.3 is 5.97 Å². The molecule has 0 aliphatic carbocycles. The lowest BCUT2D eigenvalue weighted by Crippen LogP contribution is -2.44. The topological polar surface area (TPSA) is 92.8 Å². The van der Waals surface area contributed by atoms with Crippen LogP contribution < -0.4 is 5.32 Å². The number of benzene rings is 2. The summed E-state index contributed by atoms with van der Waals surface area (Å²) >= 11 is 0. The number of hydrogen-bond acceptors (Lipinski definition) is 5. The molecular formula is C21H20N2O5. The van der Waals surface area contributed by atoms with Crippen molar-refractivity contribution in [1.82, 2.24) is 10.2 Å². The Hall–Kier alpha value is -3.48. The summed E-state index contributed by atoms with van der Waals surface area (Å²) in [6.07, 6.45) is 0. The molecule has 0 saturated heterocycles. The minimum Gasteiger partial charge on any atom is -0.454 e. The second kappa shape index (κ2) is 8.04. The molecule has 0 bridgehead atoms. The monoisotopic (exact) mass is 380 g/mol. The highest BCUT2D eigenvalue weighted by Gasteiger charge is 2.41. The summed E-state index contributed by atoms with van der Waals surface area (Å²) in [4.78, 5) is 50.0. The van der Waals surface area contributed by atoms with Crippen LogP contribution in [0.1, 0.15) is 46.2 Å². The number of amides is 3. The third-order valence-corrected chi connectivity index (χ3v) is 4.58. The molecule has 1 N–H and O–H groups in total. The van der Waals surface area contributed by atoms with E-state index in [1.807, 2.05) is 37.3 Å². The van der Waals surface area contributed by atoms with Crippen molar-refractivity contribution in [3.05, 3.63) is 71.3 Å². The van der Waals surface area contributed by atoms with Crippen molar-refractivity contribution < 1.29 is 23.9 Å². The number of carbonyl (C=O) groups excluding carboxylic acids is 4. The van der Waals surface area contributed by atoms with Crippen LogP contribution in [0.15, 0.2) is 54.6 Å². The van der Waals surface area contributed by atoms with Crippen LogP contribution >= 0.6 is 0 Å². The van der Waals surface area contributed by atoms with Crippen LogP contribution in [-0.4, -0.2) is 41.2 Å². The SMILES string of the molecule is C[C@H](NC(=O)COC(=O)[C@@H](C)N1C(=O)c2ccccc2C1=O)c1ccccc1. The lowest BCUT2D eigenvalue weighted by molar-refractivity contribution is -0.152. The van der Waals surface area contributed by atoms with E-state index in [0.717, 1.165) is 10.5 Å². The zero-order valence-corrected chi connectivity index (χ0v) is 15.5. The quantitative estimate of drug-likeness (QED) is 0.612. The molecule has 28 heavy (non-hydrogen) atoms. The Morgan fingerprint density at radius 2 is 1.46 bits per heavy atom. The average molecular weight is 380 g/mol. The standard InChI is InChI=1S/C21H20N2O5/c1-13(15-8-4-3-5-9-15)22-18(24)12-28-21(27)14(2)23-19(25)16-10-6-7-11-17(16)20(23)26/h3-11,13-14H,12H2,1-2H3,(H,22,24)/t13-,14+/m0/s1. The van der Waals surface area contributed by atoms with E-state index in [1.165, 1.54) is 19.1 Å². The van der Waals surface area contributed by atoms with Gasteiger partial charge in [-0.2, -0.15) is 0 Å². The van der Waals surface area contributed by atoms with Crippen LogP contribution in [0.2, 0.25) is 0 Å². The van der Waals surface area contributed by atoms with Crippen molar-refractivity contribution >= 4 is 23.7 Å². The molecular weight excluding hydrogens is 360 g/mol. The molecule has 3 rings (SSSR count). The second-order valence-corrected chi connectivity index (χ2v) is 6.51. The number of nitrogens with one attached hydrogen (secondary N) is 1. The minimum atomic E-state index is -1.13. The molecule has 0 saturated carbocycles. The van der Waals surface area contributed by atoms with Crippen molar-refractivity contribution in [2.75, 3.05) is 6.61 Å². The fraction of sp³-hybridized carbons (Fsp3) is 0.238. The van der Waals surface area contributed by atoms with E-state index in [-0.39, 0.29) is 17.2 Å². The van der Waals surface area contributed by atoms with E-state index in [0.29, 0.717) is 0 Å². The smallest absolute Gasteiger partial charge is 0.329 e. The van der Waals surface area contributed by atoms with Crippen LogP contribution in [0.5, 0.6) is 0 Å². The lowest BCUT2D eigenvalue weighted by atomic mass is 10.1. The zero-order chi connectivity index (χ0) is 20.3. The molecule has 0 spiro atoms. The third-order valence-electron chi connectivity index (χ3n) is 4.58. The molecule has 144 valence electrons. The van der Waals surface area contributed by atoms with E-state index in [9.17, 15) is 19.2 Å². The van der Waals surface area contributed by atoms with Gasteiger partial charge in [-0.15, -0.1) is 0 Å². The number of nitrogens with zero attached hydrogens (tertiary/aromatic N) is 1. The average Bonchev–Trinajstić information content (AvgIpc) is 2.97. The minimum absolute atomic E-state index is 0.249. The number of imide groups is 1. The highest BCUT2D eigenvalue weighted by molar-refractivity contribution is 6.22. The van der Waals surface area contributed by atoms with Crippen molar-refractivity contribution in [3.63, 3.8) is 0 Å². The Morgan fingerprint density at radius 1 is 0.929 bits per heavy atom. The van der Waals surface area contributed by atoms with Gasteiger partial charge in [0.1, 0.15) is 6.04 Å². The Balaban J connectivity index is 1.56. The number of rotatable bonds is 6. The Morgan fingerprint density at radius 3 is 2.04 bits per heavy atom. The summed E-state index contributed by atoms with van der Waals surface area (Å²) in [7, 11) is 0. The zero-order valence-electron chi connectivity index (χ0n) is 15.5. The number of ether oxygens (including phenoxy) is 1. The first kappa shape index (κ1) is 19.3. The Labute approximate surface area is 162 Å². The van der Waals surface area contributed by atoms with Gasteiger partial charge in [0.15, 0.2) is 6.61 Å². The summed E-state index contributed by atoms with van der Waals surface area (Å²) in [5, 5.41) is 2.73. The van der Waals surface area contributed by atoms with Crippen molar-refractivity contribution in [1.29, 1.82) is 0 Å². The van der Waals surface area contributed by atoms with Gasteiger partial charge in [-0.1, -0.05) is 42.5 Å². The van der Waals surface area contributed by atoms with Gasteiger partial charge in [0, 0.05) is 0 Å². The Kier molecular flexibility index (Phi) is 5.54. The van der Waals surface area contributed by atoms with Gasteiger partial charge in [0.25, 0.3) is 17.7 Å². The van der Waals surface area contributed by atoms with Crippen LogP contribution in [0.3, 0.4) is 0 Å². The van der Waals surface area contributed by atoms with Crippen LogP contribution in [0, 0.1) is 0 Å². The maximum absolute atomic E-state index is 12.4. The van der Waals surface area contributed by atoms with Gasteiger partial charge in [-0.05, 0) is 31.5 Å². The maximum Gasteiger partial charge on any atom is 0.329 e.